The Morgan fingerprint density at radius 3 is 1.91 bits per heavy atom. The SMILES string of the molecule is CC(C)C[C@@H]([C@H](O)c1ccccc1)S(=O)(=O)c1ccccc1. The van der Waals surface area contributed by atoms with E-state index in [4.69, 9.17) is 0 Å². The quantitative estimate of drug-likeness (QED) is 0.885. The van der Waals surface area contributed by atoms with Gasteiger partial charge in [0.15, 0.2) is 9.84 Å². The number of aliphatic hydroxyl groups excluding tert-OH is 1. The highest BCUT2D eigenvalue weighted by Gasteiger charge is 2.34. The molecule has 4 heteroatoms. The number of hydrogen-bond donors (Lipinski definition) is 1. The second-order valence-corrected chi connectivity index (χ2v) is 8.05. The van der Waals surface area contributed by atoms with E-state index in [1.807, 2.05) is 19.9 Å². The molecule has 0 heterocycles. The van der Waals surface area contributed by atoms with Crippen LogP contribution in [0.1, 0.15) is 31.9 Å². The Labute approximate surface area is 132 Å². The van der Waals surface area contributed by atoms with E-state index in [1.54, 1.807) is 54.6 Å². The summed E-state index contributed by atoms with van der Waals surface area (Å²) in [5.41, 5.74) is 0.632. The van der Waals surface area contributed by atoms with Gasteiger partial charge in [-0.2, -0.15) is 0 Å². The first-order chi connectivity index (χ1) is 10.4. The van der Waals surface area contributed by atoms with E-state index in [0.717, 1.165) is 0 Å². The fourth-order valence-corrected chi connectivity index (χ4v) is 4.56. The van der Waals surface area contributed by atoms with Gasteiger partial charge in [-0.1, -0.05) is 62.4 Å². The highest BCUT2D eigenvalue weighted by Crippen LogP contribution is 2.31. The Hall–Kier alpha value is -1.65. The van der Waals surface area contributed by atoms with Crippen molar-refractivity contribution in [2.75, 3.05) is 0 Å². The normalized spacial score (nSPS) is 14.7. The summed E-state index contributed by atoms with van der Waals surface area (Å²) in [6.45, 7) is 3.93. The Morgan fingerprint density at radius 1 is 0.909 bits per heavy atom. The van der Waals surface area contributed by atoms with E-state index in [0.29, 0.717) is 12.0 Å². The first-order valence-corrected chi connectivity index (χ1v) is 8.99. The van der Waals surface area contributed by atoms with Gasteiger partial charge in [-0.25, -0.2) is 8.42 Å². The van der Waals surface area contributed by atoms with E-state index in [1.165, 1.54) is 0 Å². The monoisotopic (exact) mass is 318 g/mol. The maximum atomic E-state index is 12.9. The minimum absolute atomic E-state index is 0.168. The lowest BCUT2D eigenvalue weighted by Crippen LogP contribution is -2.30. The van der Waals surface area contributed by atoms with Crippen LogP contribution in [0.2, 0.25) is 0 Å². The van der Waals surface area contributed by atoms with Gasteiger partial charge in [-0.3, -0.25) is 0 Å². The summed E-state index contributed by atoms with van der Waals surface area (Å²) in [5.74, 6) is 0.168. The number of benzene rings is 2. The van der Waals surface area contributed by atoms with Gasteiger partial charge >= 0.3 is 0 Å². The highest BCUT2D eigenvalue weighted by atomic mass is 32.2. The standard InChI is InChI=1S/C18H22O3S/c1-14(2)13-17(18(19)15-9-5-3-6-10-15)22(20,21)16-11-7-4-8-12-16/h3-12,14,17-19H,13H2,1-2H3/t17-,18+/m0/s1. The second kappa shape index (κ2) is 7.07. The van der Waals surface area contributed by atoms with Gasteiger partial charge in [-0.05, 0) is 30.0 Å². The molecule has 2 rings (SSSR count). The average Bonchev–Trinajstić information content (AvgIpc) is 2.53. The summed E-state index contributed by atoms with van der Waals surface area (Å²) < 4.78 is 25.8. The van der Waals surface area contributed by atoms with Crippen LogP contribution in [-0.2, 0) is 9.84 Å². The predicted octanol–water partition coefficient (Wildman–Crippen LogP) is 3.61. The summed E-state index contributed by atoms with van der Waals surface area (Å²) in [7, 11) is -3.59. The van der Waals surface area contributed by atoms with Gasteiger partial charge in [0.1, 0.15) is 0 Å². The molecule has 0 saturated carbocycles. The highest BCUT2D eigenvalue weighted by molar-refractivity contribution is 7.92. The van der Waals surface area contributed by atoms with E-state index in [2.05, 4.69) is 0 Å². The van der Waals surface area contributed by atoms with Crippen LogP contribution in [0.4, 0.5) is 0 Å². The van der Waals surface area contributed by atoms with Crippen molar-refractivity contribution in [1.82, 2.24) is 0 Å². The van der Waals surface area contributed by atoms with Crippen LogP contribution >= 0.6 is 0 Å². The first-order valence-electron chi connectivity index (χ1n) is 7.45. The molecule has 0 aliphatic heterocycles. The van der Waals surface area contributed by atoms with Gasteiger partial charge < -0.3 is 5.11 Å². The average molecular weight is 318 g/mol. The fraction of sp³-hybridized carbons (Fsp3) is 0.333. The van der Waals surface area contributed by atoms with Crippen molar-refractivity contribution in [2.24, 2.45) is 5.92 Å². The molecule has 22 heavy (non-hydrogen) atoms. The molecular weight excluding hydrogens is 296 g/mol. The van der Waals surface area contributed by atoms with Crippen LogP contribution in [0.15, 0.2) is 65.6 Å². The van der Waals surface area contributed by atoms with Crippen molar-refractivity contribution in [1.29, 1.82) is 0 Å². The lowest BCUT2D eigenvalue weighted by molar-refractivity contribution is 0.162. The maximum absolute atomic E-state index is 12.9. The third kappa shape index (κ3) is 3.76. The molecule has 0 amide bonds. The third-order valence-corrected chi connectivity index (χ3v) is 5.84. The summed E-state index contributed by atoms with van der Waals surface area (Å²) in [6, 6.07) is 17.3. The summed E-state index contributed by atoms with van der Waals surface area (Å²) in [6.07, 6.45) is -0.624. The molecule has 0 unspecified atom stereocenters. The van der Waals surface area contributed by atoms with E-state index in [-0.39, 0.29) is 10.8 Å². The van der Waals surface area contributed by atoms with E-state index >= 15 is 0 Å². The molecule has 3 nitrogen and oxygen atoms in total. The van der Waals surface area contributed by atoms with Gasteiger partial charge in [0.2, 0.25) is 0 Å². The molecule has 1 N–H and O–H groups in total. The molecule has 0 aromatic heterocycles. The third-order valence-electron chi connectivity index (χ3n) is 3.67. The molecule has 0 aliphatic rings. The molecular formula is C18H22O3S. The van der Waals surface area contributed by atoms with Crippen LogP contribution in [-0.4, -0.2) is 18.8 Å². The predicted molar refractivity (Wildman–Crippen MR) is 88.3 cm³/mol. The zero-order valence-electron chi connectivity index (χ0n) is 12.9. The number of aliphatic hydroxyl groups is 1. The molecule has 2 atom stereocenters. The van der Waals surface area contributed by atoms with Crippen LogP contribution in [0.25, 0.3) is 0 Å². The lowest BCUT2D eigenvalue weighted by Gasteiger charge is -2.25. The van der Waals surface area contributed by atoms with Crippen molar-refractivity contribution in [3.05, 3.63) is 66.2 Å². The van der Waals surface area contributed by atoms with Crippen LogP contribution in [0.3, 0.4) is 0 Å². The smallest absolute Gasteiger partial charge is 0.184 e. The molecule has 0 saturated heterocycles. The largest absolute Gasteiger partial charge is 0.387 e. The summed E-state index contributed by atoms with van der Waals surface area (Å²) >= 11 is 0. The molecule has 2 aromatic carbocycles. The Kier molecular flexibility index (Phi) is 5.37. The van der Waals surface area contributed by atoms with Crippen molar-refractivity contribution in [2.45, 2.75) is 36.5 Å². The number of sulfone groups is 1. The number of rotatable bonds is 6. The van der Waals surface area contributed by atoms with E-state index < -0.39 is 21.2 Å². The van der Waals surface area contributed by atoms with Gasteiger partial charge in [-0.15, -0.1) is 0 Å². The first kappa shape index (κ1) is 16.7. The fourth-order valence-electron chi connectivity index (χ4n) is 2.54. The molecule has 0 radical (unpaired) electrons. The zero-order valence-corrected chi connectivity index (χ0v) is 13.7. The molecule has 0 aliphatic carbocycles. The molecule has 0 fully saturated rings. The lowest BCUT2D eigenvalue weighted by atomic mass is 9.99. The van der Waals surface area contributed by atoms with Gasteiger partial charge in [0.25, 0.3) is 0 Å². The second-order valence-electron chi connectivity index (χ2n) is 5.88. The maximum Gasteiger partial charge on any atom is 0.184 e. The van der Waals surface area contributed by atoms with Crippen molar-refractivity contribution in [3.63, 3.8) is 0 Å². The zero-order chi connectivity index (χ0) is 16.2. The molecule has 2 aromatic rings. The van der Waals surface area contributed by atoms with Gasteiger partial charge in [0, 0.05) is 0 Å². The topological polar surface area (TPSA) is 54.4 Å². The minimum atomic E-state index is -3.59. The van der Waals surface area contributed by atoms with Crippen molar-refractivity contribution >= 4 is 9.84 Å². The number of hydrogen-bond acceptors (Lipinski definition) is 3. The van der Waals surface area contributed by atoms with E-state index in [9.17, 15) is 13.5 Å². The summed E-state index contributed by atoms with van der Waals surface area (Å²) in [4.78, 5) is 0.260. The van der Waals surface area contributed by atoms with Crippen molar-refractivity contribution in [3.8, 4) is 0 Å². The van der Waals surface area contributed by atoms with Crippen LogP contribution in [0.5, 0.6) is 0 Å². The minimum Gasteiger partial charge on any atom is -0.387 e. The Bertz CT molecular complexity index is 679. The van der Waals surface area contributed by atoms with Crippen LogP contribution < -0.4 is 0 Å². The molecule has 0 spiro atoms. The van der Waals surface area contributed by atoms with Crippen molar-refractivity contribution < 1.29 is 13.5 Å². The van der Waals surface area contributed by atoms with Crippen LogP contribution in [0, 0.1) is 5.92 Å². The van der Waals surface area contributed by atoms with Gasteiger partial charge in [0.05, 0.1) is 16.2 Å². The molecule has 0 bridgehead atoms. The Morgan fingerprint density at radius 2 is 1.41 bits per heavy atom. The molecule has 118 valence electrons. The Balaban J connectivity index is 2.42. The summed E-state index contributed by atoms with van der Waals surface area (Å²) in [5, 5.41) is 9.80.